The second-order valence-electron chi connectivity index (χ2n) is 8.82. The summed E-state index contributed by atoms with van der Waals surface area (Å²) in [5, 5.41) is 8.80. The van der Waals surface area contributed by atoms with Crippen LogP contribution < -0.4 is 5.56 Å². The Hall–Kier alpha value is -3.52. The Labute approximate surface area is 201 Å². The number of rotatable bonds is 5. The molecule has 1 aliphatic rings. The molecular formula is C25H25ClN6O2. The number of aryl methyl sites for hydroxylation is 1. The molecule has 0 atom stereocenters. The van der Waals surface area contributed by atoms with Crippen LogP contribution >= 0.6 is 11.6 Å². The highest BCUT2D eigenvalue weighted by Gasteiger charge is 2.26. The first kappa shape index (κ1) is 22.3. The number of piperidine rings is 1. The minimum Gasteiger partial charge on any atom is -0.342 e. The summed E-state index contributed by atoms with van der Waals surface area (Å²) in [5.74, 6) is 0.816. The van der Waals surface area contributed by atoms with Crippen molar-refractivity contribution in [3.8, 4) is 0 Å². The van der Waals surface area contributed by atoms with Gasteiger partial charge in [0.25, 0.3) is 5.56 Å². The molecule has 174 valence electrons. The second-order valence-corrected chi connectivity index (χ2v) is 9.25. The van der Waals surface area contributed by atoms with E-state index in [2.05, 4.69) is 15.3 Å². The third-order valence-corrected chi connectivity index (χ3v) is 6.56. The number of carbonyl (C=O) groups is 1. The summed E-state index contributed by atoms with van der Waals surface area (Å²) in [6.07, 6.45) is 1.88. The first-order valence-corrected chi connectivity index (χ1v) is 11.8. The van der Waals surface area contributed by atoms with E-state index in [1.807, 2.05) is 60.4 Å². The van der Waals surface area contributed by atoms with Crippen LogP contribution in [0.3, 0.4) is 0 Å². The van der Waals surface area contributed by atoms with E-state index in [0.29, 0.717) is 42.5 Å². The Morgan fingerprint density at radius 3 is 2.62 bits per heavy atom. The van der Waals surface area contributed by atoms with Crippen molar-refractivity contribution in [2.24, 2.45) is 0 Å². The number of benzene rings is 2. The number of hydrogen-bond donors (Lipinski definition) is 1. The summed E-state index contributed by atoms with van der Waals surface area (Å²) >= 11 is 6.10. The number of fused-ring (bicyclic) bond motifs is 1. The van der Waals surface area contributed by atoms with Crippen LogP contribution in [0.2, 0.25) is 5.02 Å². The molecule has 1 fully saturated rings. The van der Waals surface area contributed by atoms with Gasteiger partial charge in [0, 0.05) is 24.0 Å². The Balaban J connectivity index is 1.29. The predicted molar refractivity (Wildman–Crippen MR) is 130 cm³/mol. The van der Waals surface area contributed by atoms with Crippen molar-refractivity contribution in [2.75, 3.05) is 13.1 Å². The average molecular weight is 477 g/mol. The van der Waals surface area contributed by atoms with E-state index in [0.717, 1.165) is 24.0 Å². The molecule has 0 spiro atoms. The van der Waals surface area contributed by atoms with E-state index >= 15 is 0 Å². The highest BCUT2D eigenvalue weighted by atomic mass is 35.5. The first-order chi connectivity index (χ1) is 16.5. The molecule has 4 aromatic rings. The zero-order valence-electron chi connectivity index (χ0n) is 18.9. The van der Waals surface area contributed by atoms with Gasteiger partial charge in [0.15, 0.2) is 11.2 Å². The number of likely N-dealkylation sites (tertiary alicyclic amines) is 1. The maximum Gasteiger partial charge on any atom is 0.281 e. The maximum atomic E-state index is 12.8. The number of nitrogens with zero attached hydrogens (tertiary/aromatic N) is 5. The summed E-state index contributed by atoms with van der Waals surface area (Å²) in [7, 11) is 0. The van der Waals surface area contributed by atoms with Gasteiger partial charge in [-0.05, 0) is 43.0 Å². The normalized spacial score (nSPS) is 14.6. The van der Waals surface area contributed by atoms with Gasteiger partial charge in [0.2, 0.25) is 5.91 Å². The Bertz CT molecular complexity index is 1390. The summed E-state index contributed by atoms with van der Waals surface area (Å²) in [5.41, 5.74) is 3.53. The minimum atomic E-state index is -0.296. The zero-order chi connectivity index (χ0) is 23.7. The van der Waals surface area contributed by atoms with Crippen LogP contribution in [0.1, 0.15) is 41.3 Å². The summed E-state index contributed by atoms with van der Waals surface area (Å²) in [6.45, 7) is 3.72. The molecule has 2 aromatic heterocycles. The monoisotopic (exact) mass is 476 g/mol. The van der Waals surface area contributed by atoms with Crippen molar-refractivity contribution in [2.45, 2.75) is 38.6 Å². The highest BCUT2D eigenvalue weighted by Crippen LogP contribution is 2.26. The van der Waals surface area contributed by atoms with Gasteiger partial charge in [-0.3, -0.25) is 9.59 Å². The molecule has 0 unspecified atom stereocenters. The number of nitrogens with one attached hydrogen (secondary N) is 1. The lowest BCUT2D eigenvalue weighted by Gasteiger charge is -2.31. The molecular weight excluding hydrogens is 452 g/mol. The van der Waals surface area contributed by atoms with Crippen molar-refractivity contribution >= 4 is 28.7 Å². The molecule has 3 heterocycles. The summed E-state index contributed by atoms with van der Waals surface area (Å²) in [4.78, 5) is 34.9. The van der Waals surface area contributed by atoms with Crippen molar-refractivity contribution in [3.63, 3.8) is 0 Å². The molecule has 1 saturated heterocycles. The fraction of sp³-hybridized carbons (Fsp3) is 0.320. The molecule has 0 bridgehead atoms. The molecule has 0 saturated carbocycles. The van der Waals surface area contributed by atoms with Gasteiger partial charge >= 0.3 is 0 Å². The molecule has 0 aliphatic carbocycles. The van der Waals surface area contributed by atoms with E-state index in [-0.39, 0.29) is 22.9 Å². The van der Waals surface area contributed by atoms with Gasteiger partial charge in [-0.1, -0.05) is 58.8 Å². The lowest BCUT2D eigenvalue weighted by molar-refractivity contribution is -0.131. The summed E-state index contributed by atoms with van der Waals surface area (Å²) < 4.78 is 1.62. The molecule has 2 aromatic carbocycles. The van der Waals surface area contributed by atoms with Crippen molar-refractivity contribution in [1.82, 2.24) is 29.9 Å². The third-order valence-electron chi connectivity index (χ3n) is 6.32. The van der Waals surface area contributed by atoms with Gasteiger partial charge in [-0.15, -0.1) is 5.10 Å². The third kappa shape index (κ3) is 4.72. The Morgan fingerprint density at radius 2 is 1.88 bits per heavy atom. The van der Waals surface area contributed by atoms with Crippen molar-refractivity contribution in [3.05, 3.63) is 86.4 Å². The second kappa shape index (κ2) is 9.38. The predicted octanol–water partition coefficient (Wildman–Crippen LogP) is 3.47. The lowest BCUT2D eigenvalue weighted by Crippen LogP contribution is -2.39. The average Bonchev–Trinajstić information content (AvgIpc) is 3.24. The number of aromatic amines is 1. The molecule has 34 heavy (non-hydrogen) atoms. The molecule has 8 nitrogen and oxygen atoms in total. The maximum absolute atomic E-state index is 12.8. The number of amides is 1. The van der Waals surface area contributed by atoms with Crippen LogP contribution in [-0.4, -0.2) is 48.9 Å². The van der Waals surface area contributed by atoms with Crippen molar-refractivity contribution in [1.29, 1.82) is 0 Å². The van der Waals surface area contributed by atoms with Crippen LogP contribution in [-0.2, 0) is 17.8 Å². The fourth-order valence-electron chi connectivity index (χ4n) is 4.39. The topological polar surface area (TPSA) is 96.8 Å². The zero-order valence-corrected chi connectivity index (χ0v) is 19.6. The van der Waals surface area contributed by atoms with Gasteiger partial charge in [-0.2, -0.15) is 0 Å². The quantitative estimate of drug-likeness (QED) is 0.475. The van der Waals surface area contributed by atoms with Gasteiger partial charge in [-0.25, -0.2) is 9.67 Å². The van der Waals surface area contributed by atoms with Crippen molar-refractivity contribution < 1.29 is 4.79 Å². The molecule has 0 radical (unpaired) electrons. The van der Waals surface area contributed by atoms with E-state index in [9.17, 15) is 9.59 Å². The standard InChI is InChI=1S/C25H25ClN6O2/c1-16-5-7-17(8-6-16)14-21(33)31-11-9-19(10-12-31)23-27-24-22(25(34)28-23)29-30-32(24)15-18-3-2-4-20(26)13-18/h2-8,13,19H,9-12,14-15H2,1H3,(H,27,28,34). The molecule has 9 heteroatoms. The highest BCUT2D eigenvalue weighted by molar-refractivity contribution is 6.30. The summed E-state index contributed by atoms with van der Waals surface area (Å²) in [6, 6.07) is 15.5. The fourth-order valence-corrected chi connectivity index (χ4v) is 4.60. The lowest BCUT2D eigenvalue weighted by atomic mass is 9.95. The molecule has 1 amide bonds. The van der Waals surface area contributed by atoms with Gasteiger partial charge in [0.05, 0.1) is 13.0 Å². The van der Waals surface area contributed by atoms with E-state index in [4.69, 9.17) is 16.6 Å². The van der Waals surface area contributed by atoms with Crippen LogP contribution in [0.4, 0.5) is 0 Å². The van der Waals surface area contributed by atoms with Crippen LogP contribution in [0.5, 0.6) is 0 Å². The van der Waals surface area contributed by atoms with E-state index in [1.54, 1.807) is 4.68 Å². The van der Waals surface area contributed by atoms with Gasteiger partial charge in [0.1, 0.15) is 5.82 Å². The first-order valence-electron chi connectivity index (χ1n) is 11.4. The number of halogens is 1. The van der Waals surface area contributed by atoms with Crippen LogP contribution in [0.25, 0.3) is 11.2 Å². The number of aromatic nitrogens is 5. The number of carbonyl (C=O) groups excluding carboxylic acids is 1. The molecule has 5 rings (SSSR count). The Kier molecular flexibility index (Phi) is 6.15. The van der Waals surface area contributed by atoms with Crippen LogP contribution in [0.15, 0.2) is 53.3 Å². The SMILES string of the molecule is Cc1ccc(CC(=O)N2CCC(c3nc4c(nnn4Cc4cccc(Cl)c4)c(=O)[nH]3)CC2)cc1. The number of hydrogen-bond acceptors (Lipinski definition) is 5. The van der Waals surface area contributed by atoms with Gasteiger partial charge < -0.3 is 9.88 Å². The smallest absolute Gasteiger partial charge is 0.281 e. The Morgan fingerprint density at radius 1 is 1.12 bits per heavy atom. The largest absolute Gasteiger partial charge is 0.342 e. The minimum absolute atomic E-state index is 0.0649. The van der Waals surface area contributed by atoms with E-state index < -0.39 is 0 Å². The molecule has 1 aliphatic heterocycles. The van der Waals surface area contributed by atoms with Crippen LogP contribution in [0, 0.1) is 6.92 Å². The number of H-pyrrole nitrogens is 1. The van der Waals surface area contributed by atoms with E-state index in [1.165, 1.54) is 5.56 Å². The molecule has 1 N–H and O–H groups in total.